The molecule has 0 aliphatic carbocycles. The van der Waals surface area contributed by atoms with Gasteiger partial charge in [0.1, 0.15) is 0 Å². The Labute approximate surface area is 140 Å². The van der Waals surface area contributed by atoms with Crippen molar-refractivity contribution in [2.24, 2.45) is 0 Å². The van der Waals surface area contributed by atoms with E-state index in [4.69, 9.17) is 0 Å². The second kappa shape index (κ2) is 6.20. The zero-order valence-corrected chi connectivity index (χ0v) is 13.2. The summed E-state index contributed by atoms with van der Waals surface area (Å²) in [6, 6.07) is 13.3. The number of nitrogens with zero attached hydrogens (tertiary/aromatic N) is 2. The van der Waals surface area contributed by atoms with E-state index in [0.717, 1.165) is 0 Å². The summed E-state index contributed by atoms with van der Waals surface area (Å²) in [5, 5.41) is 3.26. The highest BCUT2D eigenvalue weighted by Gasteiger charge is 2.38. The molecule has 1 heterocycles. The molecule has 0 aliphatic rings. The van der Waals surface area contributed by atoms with Crippen LogP contribution in [-0.2, 0) is 16.2 Å². The molecule has 0 spiro atoms. The van der Waals surface area contributed by atoms with Crippen molar-refractivity contribution in [2.45, 2.75) is 11.1 Å². The lowest BCUT2D eigenvalue weighted by Gasteiger charge is -2.08. The van der Waals surface area contributed by atoms with Crippen molar-refractivity contribution in [1.29, 1.82) is 0 Å². The molecule has 10 heteroatoms. The third kappa shape index (κ3) is 3.79. The molecule has 3 aromatic rings. The van der Waals surface area contributed by atoms with Crippen LogP contribution in [0.15, 0.2) is 64.0 Å². The minimum atomic E-state index is -4.73. The first kappa shape index (κ1) is 17.0. The Bertz CT molecular complexity index is 969. The SMILES string of the molecule is O=S(=O)(Nc1ccc(-c2noc(C(F)(F)F)n2)cc1)c1ccccc1. The minimum absolute atomic E-state index is 0.0899. The Morgan fingerprint density at radius 2 is 1.60 bits per heavy atom. The molecule has 0 bridgehead atoms. The van der Waals surface area contributed by atoms with Crippen LogP contribution >= 0.6 is 0 Å². The molecule has 130 valence electrons. The molecule has 1 aromatic heterocycles. The Morgan fingerprint density at radius 1 is 0.960 bits per heavy atom. The van der Waals surface area contributed by atoms with E-state index in [2.05, 4.69) is 19.4 Å². The Balaban J connectivity index is 1.80. The fourth-order valence-electron chi connectivity index (χ4n) is 1.96. The molecular weight excluding hydrogens is 359 g/mol. The Kier molecular flexibility index (Phi) is 4.21. The highest BCUT2D eigenvalue weighted by atomic mass is 32.2. The summed E-state index contributed by atoms with van der Waals surface area (Å²) in [5.74, 6) is -1.69. The van der Waals surface area contributed by atoms with Crippen molar-refractivity contribution in [3.63, 3.8) is 0 Å². The first-order chi connectivity index (χ1) is 11.8. The van der Waals surface area contributed by atoms with E-state index in [0.29, 0.717) is 0 Å². The van der Waals surface area contributed by atoms with Gasteiger partial charge in [-0.1, -0.05) is 23.4 Å². The molecule has 0 amide bonds. The first-order valence-corrected chi connectivity index (χ1v) is 8.33. The fraction of sp³-hybridized carbons (Fsp3) is 0.0667. The zero-order valence-electron chi connectivity index (χ0n) is 12.4. The molecule has 25 heavy (non-hydrogen) atoms. The maximum absolute atomic E-state index is 12.5. The maximum atomic E-state index is 12.5. The molecule has 6 nitrogen and oxygen atoms in total. The summed E-state index contributed by atoms with van der Waals surface area (Å²) in [5.41, 5.74) is 0.494. The number of anilines is 1. The van der Waals surface area contributed by atoms with Crippen LogP contribution < -0.4 is 4.72 Å². The van der Waals surface area contributed by atoms with E-state index in [1.807, 2.05) is 0 Å². The van der Waals surface area contributed by atoms with Crippen molar-refractivity contribution in [2.75, 3.05) is 4.72 Å². The van der Waals surface area contributed by atoms with E-state index >= 15 is 0 Å². The lowest BCUT2D eigenvalue weighted by atomic mass is 10.2. The average Bonchev–Trinajstić information content (AvgIpc) is 3.06. The second-order valence-electron chi connectivity index (χ2n) is 4.92. The topological polar surface area (TPSA) is 85.1 Å². The first-order valence-electron chi connectivity index (χ1n) is 6.85. The maximum Gasteiger partial charge on any atom is 0.471 e. The van der Waals surface area contributed by atoms with Gasteiger partial charge in [-0.2, -0.15) is 18.2 Å². The van der Waals surface area contributed by atoms with E-state index in [1.165, 1.54) is 36.4 Å². The lowest BCUT2D eigenvalue weighted by Crippen LogP contribution is -2.12. The van der Waals surface area contributed by atoms with Crippen molar-refractivity contribution in [3.8, 4) is 11.4 Å². The number of halogens is 3. The molecule has 0 saturated carbocycles. The van der Waals surface area contributed by atoms with Crippen molar-refractivity contribution in [1.82, 2.24) is 10.1 Å². The summed E-state index contributed by atoms with van der Waals surface area (Å²) in [6.07, 6.45) is -4.73. The summed E-state index contributed by atoms with van der Waals surface area (Å²) in [7, 11) is -3.75. The molecule has 0 unspecified atom stereocenters. The number of nitrogens with one attached hydrogen (secondary N) is 1. The van der Waals surface area contributed by atoms with Gasteiger partial charge >= 0.3 is 12.1 Å². The predicted octanol–water partition coefficient (Wildman–Crippen LogP) is 3.56. The molecule has 0 aliphatic heterocycles. The van der Waals surface area contributed by atoms with Gasteiger partial charge in [0, 0.05) is 11.3 Å². The van der Waals surface area contributed by atoms with Gasteiger partial charge in [-0.15, -0.1) is 0 Å². The molecule has 0 radical (unpaired) electrons. The molecule has 0 atom stereocenters. The summed E-state index contributed by atoms with van der Waals surface area (Å²) in [6.45, 7) is 0. The van der Waals surface area contributed by atoms with E-state index in [-0.39, 0.29) is 22.0 Å². The van der Waals surface area contributed by atoms with Crippen LogP contribution in [-0.4, -0.2) is 18.6 Å². The van der Waals surface area contributed by atoms with Gasteiger partial charge in [-0.05, 0) is 36.4 Å². The van der Waals surface area contributed by atoms with Crippen LogP contribution in [0.1, 0.15) is 5.89 Å². The Hall–Kier alpha value is -2.88. The molecule has 0 fully saturated rings. The molecule has 0 saturated heterocycles. The quantitative estimate of drug-likeness (QED) is 0.760. The molecule has 2 aromatic carbocycles. The molecule has 1 N–H and O–H groups in total. The van der Waals surface area contributed by atoms with Crippen LogP contribution in [0, 0.1) is 0 Å². The van der Waals surface area contributed by atoms with E-state index in [1.54, 1.807) is 18.2 Å². The molecular formula is C15H10F3N3O3S. The van der Waals surface area contributed by atoms with Crippen molar-refractivity contribution >= 4 is 15.7 Å². The van der Waals surface area contributed by atoms with Crippen LogP contribution in [0.4, 0.5) is 18.9 Å². The van der Waals surface area contributed by atoms with Gasteiger partial charge in [-0.3, -0.25) is 4.72 Å². The third-order valence-electron chi connectivity index (χ3n) is 3.12. The van der Waals surface area contributed by atoms with Gasteiger partial charge < -0.3 is 4.52 Å². The molecule has 3 rings (SSSR count). The highest BCUT2D eigenvalue weighted by Crippen LogP contribution is 2.29. The fourth-order valence-corrected chi connectivity index (χ4v) is 3.04. The smallest absolute Gasteiger partial charge is 0.329 e. The monoisotopic (exact) mass is 369 g/mol. The van der Waals surface area contributed by atoms with Crippen LogP contribution in [0.5, 0.6) is 0 Å². The average molecular weight is 369 g/mol. The number of alkyl halides is 3. The summed E-state index contributed by atoms with van der Waals surface area (Å²) >= 11 is 0. The van der Waals surface area contributed by atoms with Crippen LogP contribution in [0.25, 0.3) is 11.4 Å². The summed E-state index contributed by atoms with van der Waals surface area (Å²) in [4.78, 5) is 3.35. The van der Waals surface area contributed by atoms with E-state index in [9.17, 15) is 21.6 Å². The minimum Gasteiger partial charge on any atom is -0.329 e. The van der Waals surface area contributed by atoms with Gasteiger partial charge in [-0.25, -0.2) is 8.42 Å². The van der Waals surface area contributed by atoms with Gasteiger partial charge in [0.15, 0.2) is 0 Å². The van der Waals surface area contributed by atoms with Crippen LogP contribution in [0.2, 0.25) is 0 Å². The van der Waals surface area contributed by atoms with Gasteiger partial charge in [0.05, 0.1) is 4.90 Å². The number of aromatic nitrogens is 2. The van der Waals surface area contributed by atoms with Gasteiger partial charge in [0.25, 0.3) is 10.0 Å². The third-order valence-corrected chi connectivity index (χ3v) is 4.51. The summed E-state index contributed by atoms with van der Waals surface area (Å²) < 4.78 is 68.3. The number of benzene rings is 2. The normalized spacial score (nSPS) is 12.1. The Morgan fingerprint density at radius 3 is 2.16 bits per heavy atom. The largest absolute Gasteiger partial charge is 0.471 e. The van der Waals surface area contributed by atoms with Crippen molar-refractivity contribution in [3.05, 3.63) is 60.5 Å². The zero-order chi connectivity index (χ0) is 18.1. The number of rotatable bonds is 4. The standard InChI is InChI=1S/C15H10F3N3O3S/c16-15(17,18)14-19-13(20-24-14)10-6-8-11(9-7-10)21-25(22,23)12-4-2-1-3-5-12/h1-9,21H. The van der Waals surface area contributed by atoms with E-state index < -0.39 is 22.1 Å². The van der Waals surface area contributed by atoms with Crippen molar-refractivity contribution < 1.29 is 26.1 Å². The number of hydrogen-bond acceptors (Lipinski definition) is 5. The van der Waals surface area contributed by atoms with Crippen LogP contribution in [0.3, 0.4) is 0 Å². The number of hydrogen-bond donors (Lipinski definition) is 1. The second-order valence-corrected chi connectivity index (χ2v) is 6.60. The van der Waals surface area contributed by atoms with Gasteiger partial charge in [0.2, 0.25) is 5.82 Å². The highest BCUT2D eigenvalue weighted by molar-refractivity contribution is 7.92. The lowest BCUT2D eigenvalue weighted by molar-refractivity contribution is -0.159. The number of sulfonamides is 1. The predicted molar refractivity (Wildman–Crippen MR) is 82.0 cm³/mol.